The number of likely N-dealkylation sites (tertiary alicyclic amines) is 1. The Balaban J connectivity index is 0. The van der Waals surface area contributed by atoms with Crippen LogP contribution in [0.5, 0.6) is 0 Å². The summed E-state index contributed by atoms with van der Waals surface area (Å²) in [4.78, 5) is 2.79. The fourth-order valence-electron chi connectivity index (χ4n) is 4.67. The Morgan fingerprint density at radius 1 is 1.00 bits per heavy atom. The molecular weight excluding hydrogens is 368 g/mol. The van der Waals surface area contributed by atoms with Crippen molar-refractivity contribution in [3.05, 3.63) is 51.9 Å². The number of allylic oxidation sites excluding steroid dienone is 3. The van der Waals surface area contributed by atoms with Gasteiger partial charge in [0, 0.05) is 6.04 Å². The van der Waals surface area contributed by atoms with Crippen molar-refractivity contribution in [1.29, 1.82) is 0 Å². The molecule has 2 aliphatic carbocycles. The predicted molar refractivity (Wildman–Crippen MR) is 119 cm³/mol. The van der Waals surface area contributed by atoms with Gasteiger partial charge in [-0.05, 0) is 59.6 Å². The van der Waals surface area contributed by atoms with Gasteiger partial charge in [-0.3, -0.25) is 4.90 Å². The molecule has 0 aromatic heterocycles. The minimum absolute atomic E-state index is 0. The first-order valence-corrected chi connectivity index (χ1v) is 11.3. The molecule has 1 heterocycles. The van der Waals surface area contributed by atoms with Gasteiger partial charge in [0.05, 0.1) is 0 Å². The number of fused-ring (bicyclic) bond motifs is 1. The fourth-order valence-corrected chi connectivity index (χ4v) is 6.82. The molecule has 0 aromatic rings. The standard InChI is InChI=1S/C19H33N2Si.3CH3.Ti/c1-19(2,3)20-14-22-13-15-12-18(21-10-6-7-11-21)17-9-5-4-8-16(15)17;;;;/h4-5,8-9,15-18H,6-7,10-14,22H2,1-3H3;3*1H3;/q4*-1;+4. The van der Waals surface area contributed by atoms with E-state index < -0.39 is 0 Å². The van der Waals surface area contributed by atoms with E-state index in [-0.39, 0.29) is 59.1 Å². The van der Waals surface area contributed by atoms with Crippen LogP contribution in [-0.4, -0.2) is 45.3 Å². The number of rotatable bonds is 5. The van der Waals surface area contributed by atoms with E-state index in [1.54, 1.807) is 0 Å². The van der Waals surface area contributed by atoms with Gasteiger partial charge in [0.25, 0.3) is 0 Å². The second kappa shape index (κ2) is 12.7. The molecule has 0 amide bonds. The Bertz CT molecular complexity index is 424. The first kappa shape index (κ1) is 28.5. The molecule has 1 saturated carbocycles. The van der Waals surface area contributed by atoms with Gasteiger partial charge in [0.1, 0.15) is 0 Å². The number of nitrogens with zero attached hydrogens (tertiary/aromatic N) is 2. The fraction of sp³-hybridized carbons (Fsp3) is 0.682. The molecule has 3 aliphatic rings. The molecule has 1 aliphatic heterocycles. The van der Waals surface area contributed by atoms with Crippen LogP contribution in [0.2, 0.25) is 6.04 Å². The van der Waals surface area contributed by atoms with Gasteiger partial charge in [-0.1, -0.05) is 51.1 Å². The van der Waals surface area contributed by atoms with Crippen LogP contribution >= 0.6 is 0 Å². The van der Waals surface area contributed by atoms with E-state index in [0.717, 1.165) is 23.8 Å². The Labute approximate surface area is 182 Å². The van der Waals surface area contributed by atoms with E-state index in [2.05, 4.69) is 50.0 Å². The quantitative estimate of drug-likeness (QED) is 0.358. The van der Waals surface area contributed by atoms with Crippen molar-refractivity contribution in [3.63, 3.8) is 0 Å². The van der Waals surface area contributed by atoms with Crippen molar-refractivity contribution >= 4 is 9.52 Å². The van der Waals surface area contributed by atoms with Crippen molar-refractivity contribution in [2.45, 2.75) is 57.7 Å². The summed E-state index contributed by atoms with van der Waals surface area (Å²) in [5, 5.41) is 4.84. The van der Waals surface area contributed by atoms with E-state index in [1.807, 2.05) is 0 Å². The minimum Gasteiger partial charge on any atom is -0.660 e. The average molecular weight is 411 g/mol. The first-order chi connectivity index (χ1) is 10.5. The van der Waals surface area contributed by atoms with Gasteiger partial charge in [-0.2, -0.15) is 6.17 Å². The van der Waals surface area contributed by atoms with Crippen molar-refractivity contribution in [2.24, 2.45) is 17.8 Å². The van der Waals surface area contributed by atoms with Crippen LogP contribution in [0.3, 0.4) is 0 Å². The summed E-state index contributed by atoms with van der Waals surface area (Å²) in [6.07, 6.45) is 15.0. The molecule has 148 valence electrons. The van der Waals surface area contributed by atoms with Crippen molar-refractivity contribution in [2.75, 3.05) is 19.3 Å². The largest absolute Gasteiger partial charge is 4.00 e. The molecule has 4 atom stereocenters. The molecule has 2 fully saturated rings. The van der Waals surface area contributed by atoms with Crippen LogP contribution in [0.4, 0.5) is 0 Å². The maximum Gasteiger partial charge on any atom is 4.00 e. The monoisotopic (exact) mass is 410 g/mol. The Morgan fingerprint density at radius 3 is 2.15 bits per heavy atom. The summed E-state index contributed by atoms with van der Waals surface area (Å²) < 4.78 is 0. The second-order valence-corrected chi connectivity index (χ2v) is 10.2. The predicted octanol–water partition coefficient (Wildman–Crippen LogP) is 4.89. The van der Waals surface area contributed by atoms with E-state index in [4.69, 9.17) is 5.32 Å². The van der Waals surface area contributed by atoms with Crippen LogP contribution in [0.1, 0.15) is 40.0 Å². The molecule has 0 N–H and O–H groups in total. The molecule has 0 spiro atoms. The van der Waals surface area contributed by atoms with Gasteiger partial charge in [-0.25, -0.2) is 0 Å². The SMILES string of the molecule is CC(C)(C)[N-]C[SiH2]CC1CC(N2CCCC2)C2C=CC=CC12.[CH3-].[CH3-].[CH3-].[Ti+4]. The van der Waals surface area contributed by atoms with Crippen LogP contribution in [0.15, 0.2) is 24.3 Å². The molecule has 1 saturated heterocycles. The molecule has 4 unspecified atom stereocenters. The molecular formula is C22H42N2SiTi. The minimum atomic E-state index is -0.0326. The first-order valence-electron chi connectivity index (χ1n) is 9.32. The maximum atomic E-state index is 4.84. The summed E-state index contributed by atoms with van der Waals surface area (Å²) in [7, 11) is -0.0326. The molecule has 2 nitrogen and oxygen atoms in total. The second-order valence-electron chi connectivity index (χ2n) is 8.43. The summed E-state index contributed by atoms with van der Waals surface area (Å²) in [5.41, 5.74) is 0.163. The summed E-state index contributed by atoms with van der Waals surface area (Å²) in [6, 6.07) is 2.32. The van der Waals surface area contributed by atoms with E-state index in [9.17, 15) is 0 Å². The third-order valence-electron chi connectivity index (χ3n) is 5.68. The van der Waals surface area contributed by atoms with E-state index in [0.29, 0.717) is 0 Å². The van der Waals surface area contributed by atoms with Crippen LogP contribution < -0.4 is 0 Å². The molecule has 4 heteroatoms. The van der Waals surface area contributed by atoms with Crippen LogP contribution in [0.25, 0.3) is 5.32 Å². The molecule has 26 heavy (non-hydrogen) atoms. The van der Waals surface area contributed by atoms with E-state index >= 15 is 0 Å². The van der Waals surface area contributed by atoms with Crippen molar-refractivity contribution < 1.29 is 21.7 Å². The zero-order valence-electron chi connectivity index (χ0n) is 18.2. The topological polar surface area (TPSA) is 17.3 Å². The normalized spacial score (nSPS) is 30.3. The Kier molecular flexibility index (Phi) is 14.0. The summed E-state index contributed by atoms with van der Waals surface area (Å²) >= 11 is 0. The Hall–Kier alpha value is 0.331. The van der Waals surface area contributed by atoms with Gasteiger partial charge >= 0.3 is 21.7 Å². The Morgan fingerprint density at radius 2 is 1.58 bits per heavy atom. The molecule has 0 bridgehead atoms. The van der Waals surface area contributed by atoms with Gasteiger partial charge < -0.3 is 27.6 Å². The number of hydrogen-bond donors (Lipinski definition) is 0. The summed E-state index contributed by atoms with van der Waals surface area (Å²) in [6.45, 7) is 9.37. The van der Waals surface area contributed by atoms with Gasteiger partial charge in [-0.15, -0.1) is 5.54 Å². The van der Waals surface area contributed by atoms with Crippen LogP contribution in [0, 0.1) is 40.0 Å². The molecule has 0 radical (unpaired) electrons. The van der Waals surface area contributed by atoms with Gasteiger partial charge in [0.15, 0.2) is 0 Å². The third kappa shape index (κ3) is 7.39. The maximum absolute atomic E-state index is 4.84. The molecule has 3 rings (SSSR count). The molecule has 0 aromatic carbocycles. The average Bonchev–Trinajstić information content (AvgIpc) is 3.10. The zero-order chi connectivity index (χ0) is 15.6. The van der Waals surface area contributed by atoms with Gasteiger partial charge in [0.2, 0.25) is 0 Å². The van der Waals surface area contributed by atoms with Crippen molar-refractivity contribution in [1.82, 2.24) is 4.90 Å². The summed E-state index contributed by atoms with van der Waals surface area (Å²) in [5.74, 6) is 2.54. The van der Waals surface area contributed by atoms with E-state index in [1.165, 1.54) is 44.6 Å². The smallest absolute Gasteiger partial charge is 0.660 e. The third-order valence-corrected chi connectivity index (χ3v) is 7.37. The number of hydrogen-bond acceptors (Lipinski definition) is 1. The zero-order valence-corrected chi connectivity index (χ0v) is 21.1. The van der Waals surface area contributed by atoms with Crippen molar-refractivity contribution in [3.8, 4) is 0 Å². The van der Waals surface area contributed by atoms with Crippen LogP contribution in [-0.2, 0) is 21.7 Å².